The van der Waals surface area contributed by atoms with E-state index in [1.807, 2.05) is 4.90 Å². The number of pyridine rings is 1. The predicted octanol–water partition coefficient (Wildman–Crippen LogP) is 4.20. The van der Waals surface area contributed by atoms with Gasteiger partial charge in [0.2, 0.25) is 0 Å². The van der Waals surface area contributed by atoms with Gasteiger partial charge in [0, 0.05) is 31.7 Å². The van der Waals surface area contributed by atoms with Crippen LogP contribution in [0, 0.1) is 23.6 Å². The standard InChI is InChI=1S/C25H27ClFN3O5/c1-2-35-25(34)28-10-13-4-3-5-14-11-29(12-17(13)14)23-18(27)8-16-20(31)9-19(24(32)33)30(15-6-7-15)22(16)21(23)26/h3,5,8-9,13-15,17H,2,4,6-7,10-12H2,1H3,(H,28,34)(H,32,33). The van der Waals surface area contributed by atoms with Crippen LogP contribution in [-0.4, -0.2) is 48.0 Å². The van der Waals surface area contributed by atoms with Gasteiger partial charge in [-0.2, -0.15) is 0 Å². The number of hydrogen-bond donors (Lipinski definition) is 2. The number of nitrogens with one attached hydrogen (secondary N) is 1. The van der Waals surface area contributed by atoms with Crippen molar-refractivity contribution in [3.05, 3.63) is 51.0 Å². The van der Waals surface area contributed by atoms with Crippen LogP contribution < -0.4 is 15.6 Å². The van der Waals surface area contributed by atoms with Crippen molar-refractivity contribution in [3.63, 3.8) is 0 Å². The largest absolute Gasteiger partial charge is 0.477 e. The first-order chi connectivity index (χ1) is 16.8. The predicted molar refractivity (Wildman–Crippen MR) is 130 cm³/mol. The molecule has 0 radical (unpaired) electrons. The minimum atomic E-state index is -1.22. The highest BCUT2D eigenvalue weighted by Gasteiger charge is 2.40. The van der Waals surface area contributed by atoms with E-state index in [9.17, 15) is 19.5 Å². The molecule has 5 rings (SSSR count). The third-order valence-corrected chi connectivity index (χ3v) is 7.63. The number of amides is 1. The molecule has 3 aliphatic rings. The van der Waals surface area contributed by atoms with E-state index in [-0.39, 0.29) is 51.1 Å². The number of carbonyl (C=O) groups excluding carboxylic acids is 1. The van der Waals surface area contributed by atoms with Crippen molar-refractivity contribution < 1.29 is 23.8 Å². The van der Waals surface area contributed by atoms with E-state index in [0.29, 0.717) is 26.2 Å². The minimum absolute atomic E-state index is 0.0657. The molecule has 1 aromatic heterocycles. The van der Waals surface area contributed by atoms with Crippen molar-refractivity contribution in [1.82, 2.24) is 9.88 Å². The molecule has 186 valence electrons. The molecule has 1 aromatic carbocycles. The first-order valence-corrected chi connectivity index (χ1v) is 12.3. The number of ether oxygens (including phenoxy) is 1. The van der Waals surface area contributed by atoms with Gasteiger partial charge in [-0.1, -0.05) is 23.8 Å². The second-order valence-corrected chi connectivity index (χ2v) is 9.85. The number of carbonyl (C=O) groups is 2. The van der Waals surface area contributed by atoms with Gasteiger partial charge in [-0.05, 0) is 50.0 Å². The zero-order chi connectivity index (χ0) is 24.9. The lowest BCUT2D eigenvalue weighted by molar-refractivity contribution is 0.0684. The van der Waals surface area contributed by atoms with Gasteiger partial charge < -0.3 is 24.6 Å². The Hall–Kier alpha value is -3.07. The van der Waals surface area contributed by atoms with Crippen LogP contribution in [0.3, 0.4) is 0 Å². The summed E-state index contributed by atoms with van der Waals surface area (Å²) in [4.78, 5) is 38.2. The number of anilines is 1. The van der Waals surface area contributed by atoms with Gasteiger partial charge in [0.1, 0.15) is 11.5 Å². The average Bonchev–Trinajstić information content (AvgIpc) is 3.56. The first-order valence-electron chi connectivity index (χ1n) is 11.9. The van der Waals surface area contributed by atoms with E-state index in [1.54, 1.807) is 11.5 Å². The summed E-state index contributed by atoms with van der Waals surface area (Å²) in [7, 11) is 0. The van der Waals surface area contributed by atoms with Gasteiger partial charge in [-0.15, -0.1) is 0 Å². The van der Waals surface area contributed by atoms with E-state index < -0.39 is 23.3 Å². The molecule has 35 heavy (non-hydrogen) atoms. The van der Waals surface area contributed by atoms with Crippen molar-refractivity contribution in [3.8, 4) is 0 Å². The molecule has 10 heteroatoms. The number of carboxylic acid groups (broad SMARTS) is 1. The van der Waals surface area contributed by atoms with E-state index >= 15 is 4.39 Å². The van der Waals surface area contributed by atoms with Crippen LogP contribution in [0.5, 0.6) is 0 Å². The summed E-state index contributed by atoms with van der Waals surface area (Å²) < 4.78 is 22.0. The van der Waals surface area contributed by atoms with Gasteiger partial charge in [0.05, 0.1) is 28.2 Å². The number of rotatable bonds is 6. The Kier molecular flexibility index (Phi) is 6.21. The van der Waals surface area contributed by atoms with Crippen molar-refractivity contribution in [2.45, 2.75) is 32.2 Å². The molecule has 2 fully saturated rings. The highest BCUT2D eigenvalue weighted by Crippen LogP contribution is 2.45. The Labute approximate surface area is 206 Å². The third kappa shape index (κ3) is 4.26. The highest BCUT2D eigenvalue weighted by atomic mass is 35.5. The summed E-state index contributed by atoms with van der Waals surface area (Å²) in [5.74, 6) is -1.34. The molecule has 1 saturated heterocycles. The number of nitrogens with zero attached hydrogens (tertiary/aromatic N) is 2. The molecule has 2 aliphatic carbocycles. The summed E-state index contributed by atoms with van der Waals surface area (Å²) in [6.07, 6.45) is 6.10. The number of carboxylic acids is 1. The fraction of sp³-hybridized carbons (Fsp3) is 0.480. The third-order valence-electron chi connectivity index (χ3n) is 7.27. The van der Waals surface area contributed by atoms with Crippen molar-refractivity contribution in [2.24, 2.45) is 17.8 Å². The van der Waals surface area contributed by atoms with Crippen LogP contribution >= 0.6 is 11.6 Å². The number of aromatic nitrogens is 1. The summed E-state index contributed by atoms with van der Waals surface area (Å²) in [6.45, 7) is 3.56. The van der Waals surface area contributed by atoms with Crippen LogP contribution in [-0.2, 0) is 4.74 Å². The lowest BCUT2D eigenvalue weighted by Crippen LogP contribution is -2.36. The SMILES string of the molecule is CCOC(=O)NCC1CC=CC2CN(c3c(F)cc4c(=O)cc(C(=O)O)n(C5CC5)c4c3Cl)CC21. The maximum atomic E-state index is 15.5. The second-order valence-electron chi connectivity index (χ2n) is 9.48. The van der Waals surface area contributed by atoms with Crippen molar-refractivity contribution in [2.75, 3.05) is 31.1 Å². The molecule has 2 aromatic rings. The topological polar surface area (TPSA) is 101 Å². The fourth-order valence-electron chi connectivity index (χ4n) is 5.55. The number of hydrogen-bond acceptors (Lipinski definition) is 5. The Morgan fingerprint density at radius 3 is 2.74 bits per heavy atom. The minimum Gasteiger partial charge on any atom is -0.477 e. The zero-order valence-corrected chi connectivity index (χ0v) is 20.1. The molecule has 2 heterocycles. The molecule has 8 nitrogen and oxygen atoms in total. The molecule has 1 amide bonds. The Morgan fingerprint density at radius 1 is 1.29 bits per heavy atom. The monoisotopic (exact) mass is 503 g/mol. The van der Waals surface area contributed by atoms with E-state index in [4.69, 9.17) is 16.3 Å². The van der Waals surface area contributed by atoms with Gasteiger partial charge in [0.15, 0.2) is 5.43 Å². The summed E-state index contributed by atoms with van der Waals surface area (Å²) in [5.41, 5.74) is -0.228. The van der Waals surface area contributed by atoms with Crippen LogP contribution in [0.4, 0.5) is 14.9 Å². The lowest BCUT2D eigenvalue weighted by Gasteiger charge is -2.29. The summed E-state index contributed by atoms with van der Waals surface area (Å²) >= 11 is 6.80. The Morgan fingerprint density at radius 2 is 2.06 bits per heavy atom. The molecule has 1 saturated carbocycles. The number of allylic oxidation sites excluding steroid dienone is 1. The summed E-state index contributed by atoms with van der Waals surface area (Å²) in [6, 6.07) is 2.15. The van der Waals surface area contributed by atoms with Gasteiger partial charge in [-0.25, -0.2) is 14.0 Å². The normalized spacial score (nSPS) is 23.4. The maximum absolute atomic E-state index is 15.5. The number of halogens is 2. The highest BCUT2D eigenvalue weighted by molar-refractivity contribution is 6.38. The van der Waals surface area contributed by atoms with E-state index in [0.717, 1.165) is 25.3 Å². The average molecular weight is 504 g/mol. The molecule has 2 N–H and O–H groups in total. The molecular weight excluding hydrogens is 477 g/mol. The van der Waals surface area contributed by atoms with Crippen LogP contribution in [0.2, 0.25) is 5.02 Å². The van der Waals surface area contributed by atoms with Crippen LogP contribution in [0.25, 0.3) is 10.9 Å². The van der Waals surface area contributed by atoms with Gasteiger partial charge >= 0.3 is 12.1 Å². The van der Waals surface area contributed by atoms with Crippen molar-refractivity contribution in [1.29, 1.82) is 0 Å². The zero-order valence-electron chi connectivity index (χ0n) is 19.3. The Balaban J connectivity index is 1.51. The second kappa shape index (κ2) is 9.18. The molecule has 3 unspecified atom stereocenters. The fourth-order valence-corrected chi connectivity index (χ4v) is 5.96. The van der Waals surface area contributed by atoms with Crippen molar-refractivity contribution >= 4 is 40.3 Å². The molecule has 0 bridgehead atoms. The van der Waals surface area contributed by atoms with E-state index in [1.165, 1.54) is 6.07 Å². The van der Waals surface area contributed by atoms with Crippen LogP contribution in [0.15, 0.2) is 29.1 Å². The number of fused-ring (bicyclic) bond motifs is 2. The quantitative estimate of drug-likeness (QED) is 0.573. The molecule has 0 spiro atoms. The lowest BCUT2D eigenvalue weighted by atomic mass is 9.78. The summed E-state index contributed by atoms with van der Waals surface area (Å²) in [5, 5.41) is 12.7. The smallest absolute Gasteiger partial charge is 0.407 e. The first kappa shape index (κ1) is 23.7. The van der Waals surface area contributed by atoms with Gasteiger partial charge in [-0.3, -0.25) is 4.79 Å². The number of benzene rings is 1. The number of alkyl carbamates (subject to hydrolysis) is 1. The molecule has 3 atom stereocenters. The Bertz CT molecular complexity index is 1290. The molecular formula is C25H27ClFN3O5. The van der Waals surface area contributed by atoms with E-state index in [2.05, 4.69) is 17.5 Å². The number of aromatic carboxylic acids is 1. The maximum Gasteiger partial charge on any atom is 0.407 e. The van der Waals surface area contributed by atoms with Gasteiger partial charge in [0.25, 0.3) is 0 Å². The molecule has 1 aliphatic heterocycles. The van der Waals surface area contributed by atoms with Crippen LogP contribution in [0.1, 0.15) is 42.7 Å².